The molecule has 2 rings (SSSR count). The van der Waals surface area contributed by atoms with Crippen molar-refractivity contribution >= 4 is 5.88 Å². The van der Waals surface area contributed by atoms with E-state index in [1.807, 2.05) is 12.1 Å². The number of nitrogens with two attached hydrogens (primary N) is 1. The number of unbranched alkanes of at least 4 members (excludes halogenated alkanes) is 2. The number of hydrogen-bond acceptors (Lipinski definition) is 4. The summed E-state index contributed by atoms with van der Waals surface area (Å²) in [6.07, 6.45) is 7.91. The van der Waals surface area contributed by atoms with E-state index in [-0.39, 0.29) is 0 Å². The molecule has 0 unspecified atom stereocenters. The number of anilines is 1. The Balaban J connectivity index is 2.24. The van der Waals surface area contributed by atoms with Crippen LogP contribution in [0.5, 0.6) is 0 Å². The average molecular weight is 231 g/mol. The summed E-state index contributed by atoms with van der Waals surface area (Å²) in [6, 6.07) is 3.85. The third kappa shape index (κ3) is 2.64. The minimum atomic E-state index is 0.391. The van der Waals surface area contributed by atoms with Crippen LogP contribution in [0.25, 0.3) is 11.1 Å². The van der Waals surface area contributed by atoms with Gasteiger partial charge in [0, 0.05) is 12.4 Å². The van der Waals surface area contributed by atoms with Crippen molar-refractivity contribution in [2.75, 3.05) is 5.73 Å². The van der Waals surface area contributed by atoms with Crippen molar-refractivity contribution in [1.29, 1.82) is 0 Å². The number of aryl methyl sites for hydroxylation is 1. The Morgan fingerprint density at radius 1 is 1.24 bits per heavy atom. The molecule has 0 aliphatic rings. The molecule has 2 N–H and O–H groups in total. The Morgan fingerprint density at radius 2 is 2.00 bits per heavy atom. The Bertz CT molecular complexity index is 465. The van der Waals surface area contributed by atoms with Gasteiger partial charge in [0.1, 0.15) is 0 Å². The van der Waals surface area contributed by atoms with Gasteiger partial charge in [-0.2, -0.15) is 0 Å². The standard InChI is InChI=1S/C13H17N3O/c1-2-3-4-5-11-12(13(14)17-16-11)10-6-8-15-9-7-10/h6-9H,2-5,14H2,1H3. The third-order valence-corrected chi connectivity index (χ3v) is 2.78. The lowest BCUT2D eigenvalue weighted by Crippen LogP contribution is -1.92. The number of hydrogen-bond donors (Lipinski definition) is 1. The van der Waals surface area contributed by atoms with Gasteiger partial charge < -0.3 is 10.3 Å². The van der Waals surface area contributed by atoms with Crippen LogP contribution in [-0.4, -0.2) is 10.1 Å². The molecule has 0 saturated heterocycles. The quantitative estimate of drug-likeness (QED) is 0.803. The van der Waals surface area contributed by atoms with Crippen molar-refractivity contribution in [3.63, 3.8) is 0 Å². The van der Waals surface area contributed by atoms with Gasteiger partial charge in [0.05, 0.1) is 11.3 Å². The highest BCUT2D eigenvalue weighted by Crippen LogP contribution is 2.30. The smallest absolute Gasteiger partial charge is 0.230 e. The van der Waals surface area contributed by atoms with Gasteiger partial charge in [-0.15, -0.1) is 0 Å². The summed E-state index contributed by atoms with van der Waals surface area (Å²) in [6.45, 7) is 2.18. The van der Waals surface area contributed by atoms with Crippen LogP contribution in [0.1, 0.15) is 31.9 Å². The predicted molar refractivity (Wildman–Crippen MR) is 67.4 cm³/mol. The summed E-state index contributed by atoms with van der Waals surface area (Å²) in [5.41, 5.74) is 8.71. The zero-order valence-electron chi connectivity index (χ0n) is 10.0. The first kappa shape index (κ1) is 11.6. The summed E-state index contributed by atoms with van der Waals surface area (Å²) in [5.74, 6) is 0.391. The highest BCUT2D eigenvalue weighted by Gasteiger charge is 2.14. The normalized spacial score (nSPS) is 10.6. The maximum atomic E-state index is 5.83. The molecule has 0 aliphatic carbocycles. The average Bonchev–Trinajstić information content (AvgIpc) is 2.72. The number of pyridine rings is 1. The van der Waals surface area contributed by atoms with Crippen molar-refractivity contribution in [2.24, 2.45) is 0 Å². The Morgan fingerprint density at radius 3 is 2.71 bits per heavy atom. The molecule has 4 heteroatoms. The van der Waals surface area contributed by atoms with Gasteiger partial charge in [0.2, 0.25) is 5.88 Å². The van der Waals surface area contributed by atoms with Crippen LogP contribution >= 0.6 is 0 Å². The molecule has 0 saturated carbocycles. The molecule has 0 spiro atoms. The van der Waals surface area contributed by atoms with Gasteiger partial charge in [-0.3, -0.25) is 4.98 Å². The molecule has 2 aromatic heterocycles. The Kier molecular flexibility index (Phi) is 3.75. The molecule has 0 radical (unpaired) electrons. The molecule has 17 heavy (non-hydrogen) atoms. The van der Waals surface area contributed by atoms with Crippen LogP contribution in [0.3, 0.4) is 0 Å². The van der Waals surface area contributed by atoms with Gasteiger partial charge in [-0.25, -0.2) is 0 Å². The molecule has 4 nitrogen and oxygen atoms in total. The highest BCUT2D eigenvalue weighted by molar-refractivity contribution is 5.74. The fraction of sp³-hybridized carbons (Fsp3) is 0.385. The molecule has 0 aliphatic heterocycles. The summed E-state index contributed by atoms with van der Waals surface area (Å²) in [5, 5.41) is 4.04. The molecule has 0 aromatic carbocycles. The van der Waals surface area contributed by atoms with E-state index in [1.165, 1.54) is 12.8 Å². The first-order valence-electron chi connectivity index (χ1n) is 5.97. The van der Waals surface area contributed by atoms with Crippen LogP contribution in [0.15, 0.2) is 29.0 Å². The summed E-state index contributed by atoms with van der Waals surface area (Å²) < 4.78 is 5.09. The fourth-order valence-corrected chi connectivity index (χ4v) is 1.88. The summed E-state index contributed by atoms with van der Waals surface area (Å²) in [7, 11) is 0. The predicted octanol–water partition coefficient (Wildman–Crippen LogP) is 3.05. The topological polar surface area (TPSA) is 64.9 Å². The van der Waals surface area contributed by atoms with Crippen LogP contribution in [0.2, 0.25) is 0 Å². The number of rotatable bonds is 5. The fourth-order valence-electron chi connectivity index (χ4n) is 1.88. The SMILES string of the molecule is CCCCCc1noc(N)c1-c1ccncc1. The lowest BCUT2D eigenvalue weighted by Gasteiger charge is -2.01. The van der Waals surface area contributed by atoms with E-state index in [9.17, 15) is 0 Å². The molecular weight excluding hydrogens is 214 g/mol. The van der Waals surface area contributed by atoms with Gasteiger partial charge in [0.15, 0.2) is 0 Å². The second kappa shape index (κ2) is 5.48. The van der Waals surface area contributed by atoms with E-state index in [0.717, 1.165) is 29.7 Å². The van der Waals surface area contributed by atoms with E-state index in [2.05, 4.69) is 17.1 Å². The molecule has 90 valence electrons. The van der Waals surface area contributed by atoms with Crippen molar-refractivity contribution in [3.05, 3.63) is 30.2 Å². The molecule has 0 atom stereocenters. The minimum Gasteiger partial charge on any atom is -0.367 e. The van der Waals surface area contributed by atoms with Crippen molar-refractivity contribution in [1.82, 2.24) is 10.1 Å². The number of aromatic nitrogens is 2. The molecule has 2 aromatic rings. The van der Waals surface area contributed by atoms with E-state index >= 15 is 0 Å². The van der Waals surface area contributed by atoms with Crippen LogP contribution in [-0.2, 0) is 6.42 Å². The molecular formula is C13H17N3O. The van der Waals surface area contributed by atoms with Crippen molar-refractivity contribution < 1.29 is 4.52 Å². The molecule has 0 amide bonds. The van der Waals surface area contributed by atoms with E-state index in [1.54, 1.807) is 12.4 Å². The molecule has 2 heterocycles. The Labute approximate surface area is 101 Å². The monoisotopic (exact) mass is 231 g/mol. The van der Waals surface area contributed by atoms with E-state index in [4.69, 9.17) is 10.3 Å². The van der Waals surface area contributed by atoms with Gasteiger partial charge in [0.25, 0.3) is 0 Å². The lowest BCUT2D eigenvalue weighted by molar-refractivity contribution is 0.426. The second-order valence-electron chi connectivity index (χ2n) is 4.06. The van der Waals surface area contributed by atoms with Gasteiger partial charge >= 0.3 is 0 Å². The van der Waals surface area contributed by atoms with E-state index in [0.29, 0.717) is 5.88 Å². The van der Waals surface area contributed by atoms with Crippen LogP contribution < -0.4 is 5.73 Å². The molecule has 0 bridgehead atoms. The van der Waals surface area contributed by atoms with Crippen molar-refractivity contribution in [3.8, 4) is 11.1 Å². The van der Waals surface area contributed by atoms with Gasteiger partial charge in [-0.1, -0.05) is 24.9 Å². The Hall–Kier alpha value is -1.84. The zero-order valence-corrected chi connectivity index (χ0v) is 10.0. The summed E-state index contributed by atoms with van der Waals surface area (Å²) in [4.78, 5) is 4.00. The largest absolute Gasteiger partial charge is 0.367 e. The van der Waals surface area contributed by atoms with Gasteiger partial charge in [-0.05, 0) is 30.5 Å². The second-order valence-corrected chi connectivity index (χ2v) is 4.06. The third-order valence-electron chi connectivity index (χ3n) is 2.78. The van der Waals surface area contributed by atoms with Crippen LogP contribution in [0, 0.1) is 0 Å². The lowest BCUT2D eigenvalue weighted by atomic mass is 10.0. The zero-order chi connectivity index (χ0) is 12.1. The summed E-state index contributed by atoms with van der Waals surface area (Å²) >= 11 is 0. The molecule has 0 fully saturated rings. The maximum absolute atomic E-state index is 5.83. The first-order chi connectivity index (χ1) is 8.33. The highest BCUT2D eigenvalue weighted by atomic mass is 16.5. The number of nitrogens with zero attached hydrogens (tertiary/aromatic N) is 2. The van der Waals surface area contributed by atoms with Crippen molar-refractivity contribution in [2.45, 2.75) is 32.6 Å². The first-order valence-corrected chi connectivity index (χ1v) is 5.97. The maximum Gasteiger partial charge on any atom is 0.230 e. The van der Waals surface area contributed by atoms with E-state index < -0.39 is 0 Å². The number of nitrogen functional groups attached to an aromatic ring is 1. The minimum absolute atomic E-state index is 0.391. The van der Waals surface area contributed by atoms with Crippen LogP contribution in [0.4, 0.5) is 5.88 Å².